The smallest absolute Gasteiger partial charge is 0.254 e. The number of amides is 2. The highest BCUT2D eigenvalue weighted by atomic mass is 79.9. The molecule has 0 saturated carbocycles. The molecule has 3 rings (SSSR count). The fourth-order valence-electron chi connectivity index (χ4n) is 2.91. The van der Waals surface area contributed by atoms with E-state index < -0.39 is 5.82 Å². The van der Waals surface area contributed by atoms with E-state index in [1.54, 1.807) is 28.0 Å². The molecule has 26 heavy (non-hydrogen) atoms. The molecule has 0 spiro atoms. The Morgan fingerprint density at radius 2 is 1.62 bits per heavy atom. The molecule has 0 aromatic heterocycles. The van der Waals surface area contributed by atoms with Gasteiger partial charge in [0, 0.05) is 41.2 Å². The lowest BCUT2D eigenvalue weighted by Crippen LogP contribution is -2.51. The van der Waals surface area contributed by atoms with Crippen molar-refractivity contribution in [2.75, 3.05) is 26.2 Å². The van der Waals surface area contributed by atoms with Gasteiger partial charge in [0.15, 0.2) is 0 Å². The van der Waals surface area contributed by atoms with E-state index in [-0.39, 0.29) is 11.8 Å². The van der Waals surface area contributed by atoms with Crippen LogP contribution in [0.3, 0.4) is 0 Å². The number of carbonyl (C=O) groups excluding carboxylic acids is 2. The van der Waals surface area contributed by atoms with Gasteiger partial charge in [0.25, 0.3) is 5.91 Å². The van der Waals surface area contributed by atoms with Gasteiger partial charge in [-0.1, -0.05) is 39.7 Å². The molecule has 0 aliphatic carbocycles. The zero-order valence-corrected chi connectivity index (χ0v) is 16.3. The normalized spacial score (nSPS) is 14.4. The highest BCUT2D eigenvalue weighted by Gasteiger charge is 2.25. The Bertz CT molecular complexity index is 801. The monoisotopic (exact) mass is 438 g/mol. The first kappa shape index (κ1) is 18.9. The second-order valence-corrected chi connectivity index (χ2v) is 7.49. The highest BCUT2D eigenvalue weighted by molar-refractivity contribution is 9.10. The van der Waals surface area contributed by atoms with Gasteiger partial charge in [-0.3, -0.25) is 9.59 Å². The van der Waals surface area contributed by atoms with E-state index in [0.29, 0.717) is 47.7 Å². The van der Waals surface area contributed by atoms with Crippen molar-refractivity contribution < 1.29 is 14.0 Å². The SMILES string of the molecule is O=C(Cc1ccc(Cl)cc1)N1CCN(C(=O)c2cc(F)cc(Br)c2)CC1. The van der Waals surface area contributed by atoms with E-state index >= 15 is 0 Å². The Kier molecular flexibility index (Phi) is 5.94. The minimum absolute atomic E-state index is 0.0212. The molecule has 0 atom stereocenters. The Balaban J connectivity index is 1.57. The quantitative estimate of drug-likeness (QED) is 0.730. The molecular formula is C19H17BrClFN2O2. The van der Waals surface area contributed by atoms with Crippen LogP contribution in [0.5, 0.6) is 0 Å². The maximum atomic E-state index is 13.5. The molecule has 1 saturated heterocycles. The summed E-state index contributed by atoms with van der Waals surface area (Å²) >= 11 is 9.05. The summed E-state index contributed by atoms with van der Waals surface area (Å²) in [5.41, 5.74) is 1.21. The maximum absolute atomic E-state index is 13.5. The van der Waals surface area contributed by atoms with E-state index in [4.69, 9.17) is 11.6 Å². The topological polar surface area (TPSA) is 40.6 Å². The van der Waals surface area contributed by atoms with Gasteiger partial charge in [0.05, 0.1) is 6.42 Å². The number of benzene rings is 2. The second kappa shape index (κ2) is 8.18. The van der Waals surface area contributed by atoms with Crippen LogP contribution in [0, 0.1) is 5.82 Å². The van der Waals surface area contributed by atoms with Crippen molar-refractivity contribution in [1.29, 1.82) is 0 Å². The van der Waals surface area contributed by atoms with Crippen LogP contribution in [0.15, 0.2) is 46.9 Å². The van der Waals surface area contributed by atoms with Crippen molar-refractivity contribution in [1.82, 2.24) is 9.80 Å². The molecule has 2 aromatic carbocycles. The molecule has 0 radical (unpaired) electrons. The van der Waals surface area contributed by atoms with Crippen LogP contribution in [-0.2, 0) is 11.2 Å². The average molecular weight is 440 g/mol. The fourth-order valence-corrected chi connectivity index (χ4v) is 3.50. The van der Waals surface area contributed by atoms with Crippen molar-refractivity contribution in [2.45, 2.75) is 6.42 Å². The van der Waals surface area contributed by atoms with E-state index in [2.05, 4.69) is 15.9 Å². The van der Waals surface area contributed by atoms with Crippen molar-refractivity contribution in [3.05, 3.63) is 68.9 Å². The van der Waals surface area contributed by atoms with Gasteiger partial charge in [-0.15, -0.1) is 0 Å². The first-order chi connectivity index (χ1) is 12.4. The number of rotatable bonds is 3. The van der Waals surface area contributed by atoms with E-state index in [1.807, 2.05) is 12.1 Å². The molecule has 7 heteroatoms. The van der Waals surface area contributed by atoms with Crippen LogP contribution in [-0.4, -0.2) is 47.8 Å². The summed E-state index contributed by atoms with van der Waals surface area (Å²) in [5.74, 6) is -0.664. The van der Waals surface area contributed by atoms with Crippen LogP contribution in [0.4, 0.5) is 4.39 Å². The van der Waals surface area contributed by atoms with Gasteiger partial charge >= 0.3 is 0 Å². The van der Waals surface area contributed by atoms with E-state index in [9.17, 15) is 14.0 Å². The summed E-state index contributed by atoms with van der Waals surface area (Å²) in [4.78, 5) is 28.3. The predicted molar refractivity (Wildman–Crippen MR) is 102 cm³/mol. The Morgan fingerprint density at radius 3 is 2.23 bits per heavy atom. The molecule has 2 amide bonds. The summed E-state index contributed by atoms with van der Waals surface area (Å²) in [6, 6.07) is 11.3. The Morgan fingerprint density at radius 1 is 1.00 bits per heavy atom. The van der Waals surface area contributed by atoms with Crippen LogP contribution in [0.2, 0.25) is 5.02 Å². The molecule has 2 aromatic rings. The van der Waals surface area contributed by atoms with Gasteiger partial charge in [-0.25, -0.2) is 4.39 Å². The molecule has 0 bridgehead atoms. The lowest BCUT2D eigenvalue weighted by Gasteiger charge is -2.35. The van der Waals surface area contributed by atoms with Crippen LogP contribution < -0.4 is 0 Å². The third-order valence-corrected chi connectivity index (χ3v) is 5.01. The number of halogens is 3. The number of nitrogens with zero attached hydrogens (tertiary/aromatic N) is 2. The standard InChI is InChI=1S/C19H17BrClFN2O2/c20-15-10-14(11-17(22)12-15)19(26)24-7-5-23(6-8-24)18(25)9-13-1-3-16(21)4-2-13/h1-4,10-12H,5-9H2. The fraction of sp³-hybridized carbons (Fsp3) is 0.263. The second-order valence-electron chi connectivity index (χ2n) is 6.13. The molecule has 1 aliphatic heterocycles. The highest BCUT2D eigenvalue weighted by Crippen LogP contribution is 2.18. The van der Waals surface area contributed by atoms with Crippen molar-refractivity contribution >= 4 is 39.3 Å². The molecule has 1 aliphatic rings. The minimum atomic E-state index is -0.459. The van der Waals surface area contributed by atoms with Crippen molar-refractivity contribution in [3.8, 4) is 0 Å². The minimum Gasteiger partial charge on any atom is -0.339 e. The largest absolute Gasteiger partial charge is 0.339 e. The first-order valence-corrected chi connectivity index (χ1v) is 9.37. The van der Waals surface area contributed by atoms with Gasteiger partial charge in [0.2, 0.25) is 5.91 Å². The van der Waals surface area contributed by atoms with E-state index in [0.717, 1.165) is 5.56 Å². The maximum Gasteiger partial charge on any atom is 0.254 e. The van der Waals surface area contributed by atoms with Crippen LogP contribution in [0.1, 0.15) is 15.9 Å². The number of carbonyl (C=O) groups is 2. The third-order valence-electron chi connectivity index (χ3n) is 4.30. The lowest BCUT2D eigenvalue weighted by molar-refractivity contribution is -0.131. The molecule has 0 N–H and O–H groups in total. The molecule has 1 fully saturated rings. The summed E-state index contributed by atoms with van der Waals surface area (Å²) in [7, 11) is 0. The van der Waals surface area contributed by atoms with E-state index in [1.165, 1.54) is 12.1 Å². The van der Waals surface area contributed by atoms with Gasteiger partial charge in [-0.05, 0) is 35.9 Å². The summed E-state index contributed by atoms with van der Waals surface area (Å²) < 4.78 is 14.0. The molecule has 0 unspecified atom stereocenters. The molecule has 136 valence electrons. The van der Waals surface area contributed by atoms with Gasteiger partial charge in [0.1, 0.15) is 5.82 Å². The number of hydrogen-bond donors (Lipinski definition) is 0. The Labute approximate surface area is 164 Å². The van der Waals surface area contributed by atoms with Crippen molar-refractivity contribution in [3.63, 3.8) is 0 Å². The lowest BCUT2D eigenvalue weighted by atomic mass is 10.1. The van der Waals surface area contributed by atoms with Crippen molar-refractivity contribution in [2.24, 2.45) is 0 Å². The Hall–Kier alpha value is -1.92. The molecular weight excluding hydrogens is 423 g/mol. The van der Waals surface area contributed by atoms with Gasteiger partial charge in [-0.2, -0.15) is 0 Å². The van der Waals surface area contributed by atoms with Crippen LogP contribution >= 0.6 is 27.5 Å². The summed E-state index contributed by atoms with van der Waals surface area (Å²) in [6.45, 7) is 1.79. The summed E-state index contributed by atoms with van der Waals surface area (Å²) in [5, 5.41) is 0.636. The average Bonchev–Trinajstić information content (AvgIpc) is 2.62. The zero-order chi connectivity index (χ0) is 18.7. The van der Waals surface area contributed by atoms with Gasteiger partial charge < -0.3 is 9.80 Å². The third kappa shape index (κ3) is 4.62. The van der Waals surface area contributed by atoms with Crippen LogP contribution in [0.25, 0.3) is 0 Å². The zero-order valence-electron chi connectivity index (χ0n) is 13.9. The first-order valence-electron chi connectivity index (χ1n) is 8.20. The molecule has 4 nitrogen and oxygen atoms in total. The number of hydrogen-bond acceptors (Lipinski definition) is 2. The predicted octanol–water partition coefficient (Wildman–Crippen LogP) is 3.77. The molecule has 1 heterocycles. The number of piperazine rings is 1. The summed E-state index contributed by atoms with van der Waals surface area (Å²) in [6.07, 6.45) is 0.307.